The van der Waals surface area contributed by atoms with E-state index in [1.54, 1.807) is 12.3 Å². The summed E-state index contributed by atoms with van der Waals surface area (Å²) >= 11 is 0. The minimum absolute atomic E-state index is 0.152. The highest BCUT2D eigenvalue weighted by Crippen LogP contribution is 2.32. The quantitative estimate of drug-likeness (QED) is 0.522. The third kappa shape index (κ3) is 5.89. The zero-order valence-corrected chi connectivity index (χ0v) is 18.4. The van der Waals surface area contributed by atoms with E-state index in [2.05, 4.69) is 15.3 Å². The lowest BCUT2D eigenvalue weighted by atomic mass is 10.2. The van der Waals surface area contributed by atoms with Crippen molar-refractivity contribution in [1.82, 2.24) is 14.9 Å². The Bertz CT molecular complexity index is 1200. The number of piperazine rings is 1. The molecule has 1 aliphatic rings. The molecule has 0 saturated carbocycles. The first-order chi connectivity index (χ1) is 16.7. The Labute approximate surface area is 198 Å². The van der Waals surface area contributed by atoms with Crippen LogP contribution in [-0.4, -0.2) is 47.1 Å². The molecule has 184 valence electrons. The molecular weight excluding hydrogens is 468 g/mol. The lowest BCUT2D eigenvalue weighted by Gasteiger charge is -2.36. The first-order valence-corrected chi connectivity index (χ1v) is 10.7. The molecule has 1 aliphatic heterocycles. The van der Waals surface area contributed by atoms with E-state index < -0.39 is 29.3 Å². The highest BCUT2D eigenvalue weighted by molar-refractivity contribution is 5.89. The molecule has 0 radical (unpaired) electrons. The number of aromatic nitrogens is 2. The van der Waals surface area contributed by atoms with Crippen molar-refractivity contribution >= 4 is 23.4 Å². The van der Waals surface area contributed by atoms with Gasteiger partial charge in [0.2, 0.25) is 5.95 Å². The fraction of sp³-hybridized carbons (Fsp3) is 0.261. The normalized spacial score (nSPS) is 14.1. The van der Waals surface area contributed by atoms with Crippen molar-refractivity contribution in [2.24, 2.45) is 0 Å². The standard InChI is InChI=1S/C23H22F4N6O2/c24-17-6-5-15(23(25,26)27)13-18(17)31-22(34)33-11-9-32(10-12-33)19-3-1-2-4-20(19)35-14-16-7-8-29-21(28)30-16/h1-8,13H,9-12,14H2,(H,31,34)(H2,28,29,30). The molecule has 3 N–H and O–H groups in total. The van der Waals surface area contributed by atoms with Crippen LogP contribution < -0.4 is 20.7 Å². The van der Waals surface area contributed by atoms with Crippen molar-refractivity contribution in [3.63, 3.8) is 0 Å². The third-order valence-corrected chi connectivity index (χ3v) is 5.42. The molecule has 8 nitrogen and oxygen atoms in total. The molecule has 0 atom stereocenters. The zero-order valence-electron chi connectivity index (χ0n) is 18.4. The maximum atomic E-state index is 14.0. The summed E-state index contributed by atoms with van der Waals surface area (Å²) in [7, 11) is 0. The van der Waals surface area contributed by atoms with Gasteiger partial charge >= 0.3 is 12.2 Å². The predicted molar refractivity (Wildman–Crippen MR) is 121 cm³/mol. The lowest BCUT2D eigenvalue weighted by Crippen LogP contribution is -2.50. The van der Waals surface area contributed by atoms with Gasteiger partial charge in [0.1, 0.15) is 18.2 Å². The summed E-state index contributed by atoms with van der Waals surface area (Å²) in [6.45, 7) is 1.64. The predicted octanol–water partition coefficient (Wildman–Crippen LogP) is 4.15. The molecule has 0 bridgehead atoms. The number of hydrogen-bond donors (Lipinski definition) is 2. The summed E-state index contributed by atoms with van der Waals surface area (Å²) in [5.74, 6) is -0.172. The molecule has 35 heavy (non-hydrogen) atoms. The molecule has 2 aromatic carbocycles. The molecular formula is C23H22F4N6O2. The molecule has 0 spiro atoms. The van der Waals surface area contributed by atoms with Crippen LogP contribution in [0.3, 0.4) is 0 Å². The van der Waals surface area contributed by atoms with Crippen LogP contribution in [0.5, 0.6) is 5.75 Å². The van der Waals surface area contributed by atoms with Crippen LogP contribution >= 0.6 is 0 Å². The largest absolute Gasteiger partial charge is 0.485 e. The van der Waals surface area contributed by atoms with Crippen LogP contribution in [0.2, 0.25) is 0 Å². The molecule has 3 aromatic rings. The molecule has 1 saturated heterocycles. The van der Waals surface area contributed by atoms with Crippen LogP contribution in [0.1, 0.15) is 11.3 Å². The molecule has 0 aliphatic carbocycles. The van der Waals surface area contributed by atoms with Crippen LogP contribution in [0.15, 0.2) is 54.7 Å². The lowest BCUT2D eigenvalue weighted by molar-refractivity contribution is -0.137. The number of para-hydroxylation sites is 2. The Morgan fingerprint density at radius 1 is 1.09 bits per heavy atom. The number of carbonyl (C=O) groups is 1. The van der Waals surface area contributed by atoms with Gasteiger partial charge < -0.3 is 25.6 Å². The number of urea groups is 1. The van der Waals surface area contributed by atoms with Gasteiger partial charge in [-0.05, 0) is 36.4 Å². The molecule has 4 rings (SSSR count). The zero-order chi connectivity index (χ0) is 25.0. The van der Waals surface area contributed by atoms with Crippen molar-refractivity contribution < 1.29 is 27.1 Å². The minimum Gasteiger partial charge on any atom is -0.485 e. The Kier molecular flexibility index (Phi) is 6.90. The van der Waals surface area contributed by atoms with Crippen LogP contribution in [0.25, 0.3) is 0 Å². The average Bonchev–Trinajstić information content (AvgIpc) is 2.84. The smallest absolute Gasteiger partial charge is 0.416 e. The van der Waals surface area contributed by atoms with Gasteiger partial charge in [0, 0.05) is 32.4 Å². The summed E-state index contributed by atoms with van der Waals surface area (Å²) in [6, 6.07) is 10.3. The highest BCUT2D eigenvalue weighted by atomic mass is 19.4. The maximum absolute atomic E-state index is 14.0. The molecule has 2 amide bonds. The molecule has 1 fully saturated rings. The number of hydrogen-bond acceptors (Lipinski definition) is 6. The maximum Gasteiger partial charge on any atom is 0.416 e. The Morgan fingerprint density at radius 2 is 1.83 bits per heavy atom. The first kappa shape index (κ1) is 24.0. The Morgan fingerprint density at radius 3 is 2.54 bits per heavy atom. The summed E-state index contributed by atoms with van der Waals surface area (Å²) in [4.78, 5) is 24.0. The van der Waals surface area contributed by atoms with Gasteiger partial charge in [-0.3, -0.25) is 0 Å². The van der Waals surface area contributed by atoms with E-state index in [0.717, 1.165) is 5.69 Å². The van der Waals surface area contributed by atoms with Gasteiger partial charge in [0.15, 0.2) is 0 Å². The van der Waals surface area contributed by atoms with E-state index in [9.17, 15) is 22.4 Å². The van der Waals surface area contributed by atoms with Gasteiger partial charge in [-0.25, -0.2) is 19.2 Å². The number of ether oxygens (including phenoxy) is 1. The topological polar surface area (TPSA) is 96.6 Å². The summed E-state index contributed by atoms with van der Waals surface area (Å²) in [5, 5.41) is 2.25. The molecule has 0 unspecified atom stereocenters. The Hall–Kier alpha value is -4.09. The fourth-order valence-electron chi connectivity index (χ4n) is 3.63. The summed E-state index contributed by atoms with van der Waals surface area (Å²) in [6.07, 6.45) is -3.10. The molecule has 2 heterocycles. The number of nitrogens with one attached hydrogen (secondary N) is 1. The van der Waals surface area contributed by atoms with Crippen molar-refractivity contribution in [2.75, 3.05) is 42.1 Å². The van der Waals surface area contributed by atoms with Gasteiger partial charge in [-0.1, -0.05) is 12.1 Å². The third-order valence-electron chi connectivity index (χ3n) is 5.42. The number of carbonyl (C=O) groups excluding carboxylic acids is 1. The van der Waals surface area contributed by atoms with E-state index in [-0.39, 0.29) is 25.6 Å². The number of benzene rings is 2. The van der Waals surface area contributed by atoms with Gasteiger partial charge in [-0.2, -0.15) is 13.2 Å². The average molecular weight is 490 g/mol. The monoisotopic (exact) mass is 490 g/mol. The van der Waals surface area contributed by atoms with Crippen molar-refractivity contribution in [1.29, 1.82) is 0 Å². The number of nitrogens with zero attached hydrogens (tertiary/aromatic N) is 4. The van der Waals surface area contributed by atoms with Crippen molar-refractivity contribution in [2.45, 2.75) is 12.8 Å². The second-order valence-electron chi connectivity index (χ2n) is 7.76. The SMILES string of the molecule is Nc1nccc(COc2ccccc2N2CCN(C(=O)Nc3cc(C(F)(F)F)ccc3F)CC2)n1. The number of nitrogen functional groups attached to an aromatic ring is 1. The van der Waals surface area contributed by atoms with E-state index in [0.29, 0.717) is 42.7 Å². The van der Waals surface area contributed by atoms with Gasteiger partial charge in [-0.15, -0.1) is 0 Å². The Balaban J connectivity index is 1.37. The van der Waals surface area contributed by atoms with E-state index in [4.69, 9.17) is 10.5 Å². The van der Waals surface area contributed by atoms with E-state index >= 15 is 0 Å². The van der Waals surface area contributed by atoms with Crippen LogP contribution in [0.4, 0.5) is 39.7 Å². The van der Waals surface area contributed by atoms with Gasteiger partial charge in [0.25, 0.3) is 0 Å². The number of amides is 2. The highest BCUT2D eigenvalue weighted by Gasteiger charge is 2.32. The van der Waals surface area contributed by atoms with Crippen LogP contribution in [0, 0.1) is 5.82 Å². The number of halogens is 4. The number of rotatable bonds is 5. The van der Waals surface area contributed by atoms with E-state index in [1.807, 2.05) is 29.2 Å². The number of anilines is 3. The summed E-state index contributed by atoms with van der Waals surface area (Å²) in [5.41, 5.74) is 5.48. The van der Waals surface area contributed by atoms with Gasteiger partial charge in [0.05, 0.1) is 22.6 Å². The number of nitrogens with two attached hydrogens (primary N) is 1. The fourth-order valence-corrected chi connectivity index (χ4v) is 3.63. The van der Waals surface area contributed by atoms with Crippen LogP contribution in [-0.2, 0) is 12.8 Å². The second kappa shape index (κ2) is 10.0. The number of alkyl halides is 3. The molecule has 1 aromatic heterocycles. The van der Waals surface area contributed by atoms with Crippen molar-refractivity contribution in [3.8, 4) is 5.75 Å². The summed E-state index contributed by atoms with van der Waals surface area (Å²) < 4.78 is 58.7. The van der Waals surface area contributed by atoms with E-state index in [1.165, 1.54) is 4.90 Å². The second-order valence-corrected chi connectivity index (χ2v) is 7.76. The van der Waals surface area contributed by atoms with Crippen molar-refractivity contribution in [3.05, 3.63) is 71.8 Å². The first-order valence-electron chi connectivity index (χ1n) is 10.7. The minimum atomic E-state index is -4.64. The molecule has 12 heteroatoms.